The minimum Gasteiger partial charge on any atom is -0.484 e. The van der Waals surface area contributed by atoms with E-state index in [-0.39, 0.29) is 11.6 Å². The molecule has 2 aliphatic carbocycles. The number of hydrogen-bond acceptors (Lipinski definition) is 7. The van der Waals surface area contributed by atoms with Crippen LogP contribution in [0.2, 0.25) is 0 Å². The van der Waals surface area contributed by atoms with Crippen molar-refractivity contribution < 1.29 is 54.2 Å². The fourth-order valence-electron chi connectivity index (χ4n) is 5.68. The lowest BCUT2D eigenvalue weighted by atomic mass is 10.1. The number of rotatable bonds is 16. The minimum absolute atomic E-state index is 0.110. The summed E-state index contributed by atoms with van der Waals surface area (Å²) in [5.41, 5.74) is -2.68. The van der Waals surface area contributed by atoms with E-state index in [2.05, 4.69) is 23.0 Å². The number of unbranched alkanes of at least 4 members (excludes halogenated alkanes) is 7. The first-order valence-electron chi connectivity index (χ1n) is 16.6. The molecule has 1 heterocycles. The molecule has 0 spiro atoms. The number of amides is 1. The monoisotopic (exact) mass is 725 g/mol. The Kier molecular flexibility index (Phi) is 13.4. The van der Waals surface area contributed by atoms with Crippen molar-refractivity contribution in [1.82, 2.24) is 10.2 Å². The molecule has 49 heavy (non-hydrogen) atoms. The molecule has 2 atom stereocenters. The van der Waals surface area contributed by atoms with Gasteiger partial charge in [-0.1, -0.05) is 58.8 Å². The molecule has 1 saturated heterocycles. The first-order valence-corrected chi connectivity index (χ1v) is 18.2. The predicted molar refractivity (Wildman–Crippen MR) is 167 cm³/mol. The molecule has 276 valence electrons. The van der Waals surface area contributed by atoms with E-state index in [1.54, 1.807) is 6.92 Å². The van der Waals surface area contributed by atoms with E-state index in [0.717, 1.165) is 24.3 Å². The number of ether oxygens (including phenoxy) is 1. The number of aliphatic carboxylic acids is 1. The third-order valence-electron chi connectivity index (χ3n) is 9.19. The second-order valence-electron chi connectivity index (χ2n) is 13.4. The Labute approximate surface area is 283 Å². The molecule has 1 aromatic rings. The average molecular weight is 726 g/mol. The molecule has 2 N–H and O–H groups in total. The molecule has 0 unspecified atom stereocenters. The van der Waals surface area contributed by atoms with E-state index < -0.39 is 86.6 Å². The molecule has 0 aromatic heterocycles. The van der Waals surface area contributed by atoms with Gasteiger partial charge < -0.3 is 14.7 Å². The van der Waals surface area contributed by atoms with Gasteiger partial charge in [-0.25, -0.2) is 13.2 Å². The van der Waals surface area contributed by atoms with E-state index in [4.69, 9.17) is 5.26 Å². The van der Waals surface area contributed by atoms with Crippen molar-refractivity contribution in [2.24, 2.45) is 5.41 Å². The van der Waals surface area contributed by atoms with Crippen LogP contribution in [-0.4, -0.2) is 73.0 Å². The van der Waals surface area contributed by atoms with E-state index >= 15 is 0 Å². The number of likely N-dealkylation sites (tertiary alicyclic amines) is 1. The number of nitrogens with one attached hydrogen (secondary N) is 1. The molecule has 3 fully saturated rings. The van der Waals surface area contributed by atoms with Gasteiger partial charge in [0.1, 0.15) is 17.3 Å². The highest BCUT2D eigenvalue weighted by Gasteiger charge is 2.54. The van der Waals surface area contributed by atoms with Crippen LogP contribution in [0.4, 0.5) is 26.3 Å². The summed E-state index contributed by atoms with van der Waals surface area (Å²) in [4.78, 5) is 23.9. The summed E-state index contributed by atoms with van der Waals surface area (Å²) >= 11 is 0. The second-order valence-corrected chi connectivity index (χ2v) is 15.6. The van der Waals surface area contributed by atoms with E-state index in [1.807, 2.05) is 0 Å². The van der Waals surface area contributed by atoms with Crippen molar-refractivity contribution in [2.45, 2.75) is 131 Å². The van der Waals surface area contributed by atoms with Crippen molar-refractivity contribution in [1.29, 1.82) is 5.26 Å². The van der Waals surface area contributed by atoms with E-state index in [1.165, 1.54) is 51.4 Å². The number of hydrogen-bond donors (Lipinski definition) is 2. The van der Waals surface area contributed by atoms with Gasteiger partial charge in [-0.2, -0.15) is 31.6 Å². The molecule has 1 aromatic carbocycles. The number of carbonyl (C=O) groups excluding carboxylic acids is 1. The van der Waals surface area contributed by atoms with Crippen LogP contribution >= 0.6 is 0 Å². The van der Waals surface area contributed by atoms with Gasteiger partial charge in [-0.05, 0) is 63.3 Å². The second kappa shape index (κ2) is 16.3. The van der Waals surface area contributed by atoms with E-state index in [9.17, 15) is 49.5 Å². The van der Waals surface area contributed by atoms with Crippen LogP contribution in [0.3, 0.4) is 0 Å². The smallest absolute Gasteiger partial charge is 0.422 e. The third kappa shape index (κ3) is 11.5. The van der Waals surface area contributed by atoms with Gasteiger partial charge in [-0.3, -0.25) is 10.1 Å². The Morgan fingerprint density at radius 2 is 1.61 bits per heavy atom. The van der Waals surface area contributed by atoms with Gasteiger partial charge in [0.2, 0.25) is 5.91 Å². The lowest BCUT2D eigenvalue weighted by molar-refractivity contribution is -0.153. The number of nitrogens with zero attached hydrogens (tertiary/aromatic N) is 2. The number of sulfone groups is 1. The van der Waals surface area contributed by atoms with Crippen LogP contribution in [0.15, 0.2) is 23.1 Å². The fourth-order valence-corrected chi connectivity index (χ4v) is 7.57. The molecular formula is C33H45F6N3O6S. The number of halogens is 6. The first-order chi connectivity index (χ1) is 22.8. The summed E-state index contributed by atoms with van der Waals surface area (Å²) in [7, 11) is -4.83. The van der Waals surface area contributed by atoms with Crippen LogP contribution in [0.5, 0.6) is 5.75 Å². The quantitative estimate of drug-likeness (QED) is 0.137. The van der Waals surface area contributed by atoms with E-state index in [0.29, 0.717) is 25.0 Å². The molecule has 16 heteroatoms. The summed E-state index contributed by atoms with van der Waals surface area (Å²) in [6, 6.07) is 2.12. The SMILES string of the molecule is CC1(C(=O)N2C[C@H](S(=O)(=O)c3ccc(OCC(F)(F)F)cc3C(F)(F)F)C[C@H]2C(=O)O)CC1.CCCCCCCCCCNC1(C#N)CC1. The topological polar surface area (TPSA) is 137 Å². The maximum Gasteiger partial charge on any atom is 0.422 e. The Bertz CT molecular complexity index is 1450. The normalized spacial score (nSPS) is 20.9. The van der Waals surface area contributed by atoms with Crippen molar-refractivity contribution in [3.8, 4) is 11.8 Å². The molecule has 3 aliphatic rings. The molecule has 9 nitrogen and oxygen atoms in total. The minimum atomic E-state index is -5.26. The molecule has 1 amide bonds. The zero-order valence-corrected chi connectivity index (χ0v) is 28.6. The standard InChI is InChI=1S/C19H19F6NO6S.C14H26N2/c1-17(4-5-17)16(29)26-8-11(7-13(26)15(27)28)33(30,31)14-3-2-10(32-9-18(20,21)22)6-12(14)19(23,24)25;1-2-3-4-5-6-7-8-9-12-16-14(13-15)10-11-14/h2-3,6,11,13H,4-5,7-9H2,1H3,(H,27,28);16H,2-12H2,1H3/t11-,13+;/m1./s1. The number of carboxylic acids is 1. The highest BCUT2D eigenvalue weighted by molar-refractivity contribution is 7.92. The lowest BCUT2D eigenvalue weighted by Gasteiger charge is -2.24. The number of carbonyl (C=O) groups is 2. The fraction of sp³-hybridized carbons (Fsp3) is 0.727. The highest BCUT2D eigenvalue weighted by Crippen LogP contribution is 2.48. The molecule has 4 rings (SSSR count). The van der Waals surface area contributed by atoms with Gasteiger partial charge in [0.05, 0.1) is 21.8 Å². The van der Waals surface area contributed by atoms with Gasteiger partial charge in [0.15, 0.2) is 16.4 Å². The van der Waals surface area contributed by atoms with Crippen molar-refractivity contribution in [3.05, 3.63) is 23.8 Å². The Hall–Kier alpha value is -3.06. The van der Waals surface area contributed by atoms with Gasteiger partial charge in [0, 0.05) is 12.0 Å². The van der Waals surface area contributed by atoms with Crippen LogP contribution in [0.1, 0.15) is 103 Å². The molecule has 0 bridgehead atoms. The molecule has 1 aliphatic heterocycles. The first kappa shape index (κ1) is 40.4. The zero-order chi connectivity index (χ0) is 36.7. The van der Waals surface area contributed by atoms with Crippen molar-refractivity contribution in [2.75, 3.05) is 19.7 Å². The van der Waals surface area contributed by atoms with Gasteiger partial charge in [-0.15, -0.1) is 0 Å². The Morgan fingerprint density at radius 3 is 2.10 bits per heavy atom. The van der Waals surface area contributed by atoms with Crippen molar-refractivity contribution in [3.63, 3.8) is 0 Å². The number of nitriles is 1. The summed E-state index contributed by atoms with van der Waals surface area (Å²) in [6.45, 7) is 2.38. The zero-order valence-electron chi connectivity index (χ0n) is 27.8. The highest BCUT2D eigenvalue weighted by atomic mass is 32.2. The lowest BCUT2D eigenvalue weighted by Crippen LogP contribution is -2.44. The van der Waals surface area contributed by atoms with Crippen molar-refractivity contribution >= 4 is 21.7 Å². The number of alkyl halides is 6. The van der Waals surface area contributed by atoms with Crippen LogP contribution in [-0.2, 0) is 25.6 Å². The molecular weight excluding hydrogens is 680 g/mol. The summed E-state index contributed by atoms with van der Waals surface area (Å²) in [6.07, 6.45) is 3.21. The molecule has 2 saturated carbocycles. The van der Waals surface area contributed by atoms with Crippen LogP contribution in [0.25, 0.3) is 0 Å². The molecule has 0 radical (unpaired) electrons. The third-order valence-corrected chi connectivity index (χ3v) is 11.4. The average Bonchev–Trinajstić information content (AvgIpc) is 3.93. The number of benzene rings is 1. The number of carboxylic acid groups (broad SMARTS) is 1. The van der Waals surface area contributed by atoms with Crippen LogP contribution < -0.4 is 10.1 Å². The summed E-state index contributed by atoms with van der Waals surface area (Å²) in [5, 5.41) is 20.0. The van der Waals surface area contributed by atoms with Gasteiger partial charge in [0.25, 0.3) is 0 Å². The largest absolute Gasteiger partial charge is 0.484 e. The Morgan fingerprint density at radius 1 is 1.02 bits per heavy atom. The summed E-state index contributed by atoms with van der Waals surface area (Å²) < 4.78 is 108. The summed E-state index contributed by atoms with van der Waals surface area (Å²) in [5.74, 6) is -2.91. The predicted octanol–water partition coefficient (Wildman–Crippen LogP) is 7.05. The maximum absolute atomic E-state index is 13.6. The van der Waals surface area contributed by atoms with Gasteiger partial charge >= 0.3 is 18.3 Å². The Balaban J connectivity index is 0.000000341. The maximum atomic E-state index is 13.6. The van der Waals surface area contributed by atoms with Crippen LogP contribution in [0, 0.1) is 16.7 Å².